The van der Waals surface area contributed by atoms with Gasteiger partial charge in [-0.3, -0.25) is 9.89 Å². The third kappa shape index (κ3) is 4.50. The molecule has 1 saturated heterocycles. The fourth-order valence-electron chi connectivity index (χ4n) is 3.91. The molecule has 1 heterocycles. The third-order valence-electron chi connectivity index (χ3n) is 5.76. The van der Waals surface area contributed by atoms with Gasteiger partial charge in [-0.2, -0.15) is 0 Å². The molecule has 0 spiro atoms. The predicted molar refractivity (Wildman–Crippen MR) is 108 cm³/mol. The molecule has 1 saturated carbocycles. The maximum Gasteiger partial charge on any atom is 0.193 e. The van der Waals surface area contributed by atoms with Gasteiger partial charge in [-0.15, -0.1) is 0 Å². The van der Waals surface area contributed by atoms with E-state index in [1.807, 2.05) is 7.05 Å². The molecule has 1 aromatic carbocycles. The SMILES string of the molecule is CCN(CC)C1CCN(C(=NC)NCc2ccccc2OC2CCC2)C1. The Morgan fingerprint density at radius 3 is 2.65 bits per heavy atom. The highest BCUT2D eigenvalue weighted by Crippen LogP contribution is 2.27. The van der Waals surface area contributed by atoms with Crippen LogP contribution in [0.5, 0.6) is 5.75 Å². The summed E-state index contributed by atoms with van der Waals surface area (Å²) in [5.74, 6) is 2.01. The van der Waals surface area contributed by atoms with Crippen molar-refractivity contribution < 1.29 is 4.74 Å². The molecule has 5 nitrogen and oxygen atoms in total. The number of aliphatic imine (C=N–C) groups is 1. The van der Waals surface area contributed by atoms with Gasteiger partial charge in [-0.1, -0.05) is 32.0 Å². The van der Waals surface area contributed by atoms with E-state index in [-0.39, 0.29) is 0 Å². The molecular weight excluding hydrogens is 324 g/mol. The van der Waals surface area contributed by atoms with Crippen LogP contribution in [-0.2, 0) is 6.54 Å². The van der Waals surface area contributed by atoms with Crippen LogP contribution >= 0.6 is 0 Å². The smallest absolute Gasteiger partial charge is 0.193 e. The normalized spacial score (nSPS) is 21.2. The van der Waals surface area contributed by atoms with Crippen LogP contribution in [0.15, 0.2) is 29.3 Å². The highest BCUT2D eigenvalue weighted by Gasteiger charge is 2.28. The van der Waals surface area contributed by atoms with Crippen molar-refractivity contribution in [2.75, 3.05) is 33.2 Å². The lowest BCUT2D eigenvalue weighted by atomic mass is 9.96. The first-order valence-corrected chi connectivity index (χ1v) is 10.2. The molecule has 2 aliphatic rings. The quantitative estimate of drug-likeness (QED) is 0.601. The van der Waals surface area contributed by atoms with E-state index < -0.39 is 0 Å². The van der Waals surface area contributed by atoms with Crippen LogP contribution in [0.2, 0.25) is 0 Å². The van der Waals surface area contributed by atoms with E-state index in [0.717, 1.165) is 44.4 Å². The molecule has 0 amide bonds. The zero-order chi connectivity index (χ0) is 18.4. The van der Waals surface area contributed by atoms with Crippen molar-refractivity contribution in [3.8, 4) is 5.75 Å². The molecule has 1 aliphatic heterocycles. The number of ether oxygens (including phenoxy) is 1. The summed E-state index contributed by atoms with van der Waals surface area (Å²) >= 11 is 0. The summed E-state index contributed by atoms with van der Waals surface area (Å²) in [6.45, 7) is 9.61. The van der Waals surface area contributed by atoms with Gasteiger partial charge in [-0.05, 0) is 44.8 Å². The average Bonchev–Trinajstić information content (AvgIpc) is 3.10. The lowest BCUT2D eigenvalue weighted by molar-refractivity contribution is 0.119. The third-order valence-corrected chi connectivity index (χ3v) is 5.76. The van der Waals surface area contributed by atoms with Crippen molar-refractivity contribution >= 4 is 5.96 Å². The number of guanidine groups is 1. The Kier molecular flexibility index (Phi) is 6.78. The Hall–Kier alpha value is -1.75. The van der Waals surface area contributed by atoms with Gasteiger partial charge >= 0.3 is 0 Å². The molecule has 3 rings (SSSR count). The van der Waals surface area contributed by atoms with Gasteiger partial charge in [0.2, 0.25) is 0 Å². The van der Waals surface area contributed by atoms with Crippen LogP contribution in [0.4, 0.5) is 0 Å². The summed E-state index contributed by atoms with van der Waals surface area (Å²) in [4.78, 5) is 9.46. The zero-order valence-electron chi connectivity index (χ0n) is 16.6. The molecule has 2 fully saturated rings. The number of likely N-dealkylation sites (N-methyl/N-ethyl adjacent to an activating group) is 1. The van der Waals surface area contributed by atoms with Crippen molar-refractivity contribution in [3.05, 3.63) is 29.8 Å². The monoisotopic (exact) mass is 358 g/mol. The van der Waals surface area contributed by atoms with E-state index in [1.54, 1.807) is 0 Å². The molecule has 26 heavy (non-hydrogen) atoms. The minimum absolute atomic E-state index is 0.406. The largest absolute Gasteiger partial charge is 0.490 e. The van der Waals surface area contributed by atoms with Crippen molar-refractivity contribution in [2.45, 2.75) is 58.2 Å². The second-order valence-corrected chi connectivity index (χ2v) is 7.29. The van der Waals surface area contributed by atoms with E-state index in [2.05, 4.69) is 58.2 Å². The highest BCUT2D eigenvalue weighted by molar-refractivity contribution is 5.80. The summed E-state index contributed by atoms with van der Waals surface area (Å²) in [6, 6.07) is 9.01. The van der Waals surface area contributed by atoms with Crippen LogP contribution in [0.25, 0.3) is 0 Å². The number of nitrogens with zero attached hydrogens (tertiary/aromatic N) is 3. The van der Waals surface area contributed by atoms with E-state index in [4.69, 9.17) is 4.74 Å². The number of hydrogen-bond acceptors (Lipinski definition) is 3. The van der Waals surface area contributed by atoms with Gasteiger partial charge in [0.1, 0.15) is 5.75 Å². The summed E-state index contributed by atoms with van der Waals surface area (Å²) < 4.78 is 6.15. The Morgan fingerprint density at radius 2 is 2.00 bits per heavy atom. The Labute approximate surface area is 158 Å². The molecule has 0 radical (unpaired) electrons. The molecule has 1 N–H and O–H groups in total. The number of benzene rings is 1. The summed E-state index contributed by atoms with van der Waals surface area (Å²) in [7, 11) is 1.88. The van der Waals surface area contributed by atoms with Crippen molar-refractivity contribution in [3.63, 3.8) is 0 Å². The molecule has 1 atom stereocenters. The Bertz CT molecular complexity index is 595. The molecule has 0 bridgehead atoms. The maximum atomic E-state index is 6.15. The van der Waals surface area contributed by atoms with E-state index in [9.17, 15) is 0 Å². The zero-order valence-corrected chi connectivity index (χ0v) is 16.6. The first-order chi connectivity index (χ1) is 12.7. The number of hydrogen-bond donors (Lipinski definition) is 1. The molecule has 1 unspecified atom stereocenters. The minimum atomic E-state index is 0.406. The first kappa shape index (κ1) is 19.0. The van der Waals surface area contributed by atoms with Gasteiger partial charge < -0.3 is 15.0 Å². The van der Waals surface area contributed by atoms with Crippen molar-refractivity contribution in [2.24, 2.45) is 4.99 Å². The number of nitrogens with one attached hydrogen (secondary N) is 1. The maximum absolute atomic E-state index is 6.15. The standard InChI is InChI=1S/C21H34N4O/c1-4-24(5-2)18-13-14-25(16-18)21(22-3)23-15-17-9-6-7-12-20(17)26-19-10-8-11-19/h6-7,9,12,18-19H,4-5,8,10-11,13-16H2,1-3H3,(H,22,23). The van der Waals surface area contributed by atoms with Gasteiger partial charge in [0.15, 0.2) is 5.96 Å². The van der Waals surface area contributed by atoms with Gasteiger partial charge in [0.25, 0.3) is 0 Å². The number of rotatable bonds is 7. The summed E-state index contributed by atoms with van der Waals surface area (Å²) in [5, 5.41) is 3.55. The number of para-hydroxylation sites is 1. The molecule has 1 aromatic rings. The fraction of sp³-hybridized carbons (Fsp3) is 0.667. The highest BCUT2D eigenvalue weighted by atomic mass is 16.5. The molecule has 0 aromatic heterocycles. The van der Waals surface area contributed by atoms with Gasteiger partial charge in [0, 0.05) is 38.3 Å². The van der Waals surface area contributed by atoms with Crippen molar-refractivity contribution in [1.29, 1.82) is 0 Å². The van der Waals surface area contributed by atoms with Crippen molar-refractivity contribution in [1.82, 2.24) is 15.1 Å². The minimum Gasteiger partial charge on any atom is -0.490 e. The summed E-state index contributed by atoms with van der Waals surface area (Å²) in [6.07, 6.45) is 5.28. The average molecular weight is 359 g/mol. The second-order valence-electron chi connectivity index (χ2n) is 7.29. The molecular formula is C21H34N4O. The van der Waals surface area contributed by atoms with Crippen LogP contribution < -0.4 is 10.1 Å². The predicted octanol–water partition coefficient (Wildman–Crippen LogP) is 3.11. The lowest BCUT2D eigenvalue weighted by Crippen LogP contribution is -2.43. The Balaban J connectivity index is 1.56. The van der Waals surface area contributed by atoms with E-state index in [1.165, 1.54) is 31.2 Å². The molecule has 1 aliphatic carbocycles. The summed E-state index contributed by atoms with van der Waals surface area (Å²) in [5.41, 5.74) is 1.21. The first-order valence-electron chi connectivity index (χ1n) is 10.2. The van der Waals surface area contributed by atoms with Crippen LogP contribution in [0.3, 0.4) is 0 Å². The fourth-order valence-corrected chi connectivity index (χ4v) is 3.91. The second kappa shape index (κ2) is 9.26. The molecule has 144 valence electrons. The lowest BCUT2D eigenvalue weighted by Gasteiger charge is -2.28. The van der Waals surface area contributed by atoms with Crippen LogP contribution in [-0.4, -0.2) is 61.1 Å². The van der Waals surface area contributed by atoms with E-state index >= 15 is 0 Å². The van der Waals surface area contributed by atoms with Gasteiger partial charge in [-0.25, -0.2) is 0 Å². The number of likely N-dealkylation sites (tertiary alicyclic amines) is 1. The topological polar surface area (TPSA) is 40.1 Å². The molecule has 5 heteroatoms. The Morgan fingerprint density at radius 1 is 1.23 bits per heavy atom. The van der Waals surface area contributed by atoms with Gasteiger partial charge in [0.05, 0.1) is 6.10 Å². The van der Waals surface area contributed by atoms with Crippen LogP contribution in [0, 0.1) is 0 Å². The van der Waals surface area contributed by atoms with E-state index in [0.29, 0.717) is 12.1 Å². The van der Waals surface area contributed by atoms with Crippen LogP contribution in [0.1, 0.15) is 45.1 Å².